The highest BCUT2D eigenvalue weighted by Crippen LogP contribution is 2.18. The minimum absolute atomic E-state index is 0.580. The smallest absolute Gasteiger partial charge is 0.191 e. The molecular weight excluding hydrogens is 264 g/mol. The van der Waals surface area contributed by atoms with Crippen LogP contribution in [-0.4, -0.2) is 44.1 Å². The molecule has 0 amide bonds. The van der Waals surface area contributed by atoms with Gasteiger partial charge in [0.05, 0.1) is 6.26 Å². The summed E-state index contributed by atoms with van der Waals surface area (Å²) < 4.78 is 5.30. The lowest BCUT2D eigenvalue weighted by atomic mass is 9.94. The normalized spacial score (nSPS) is 17.9. The molecule has 118 valence electrons. The van der Waals surface area contributed by atoms with E-state index in [1.165, 1.54) is 32.4 Å². The number of piperidine rings is 1. The highest BCUT2D eigenvalue weighted by Gasteiger charge is 2.16. The molecule has 0 aliphatic carbocycles. The van der Waals surface area contributed by atoms with Crippen LogP contribution >= 0.6 is 0 Å². The number of likely N-dealkylation sites (tertiary alicyclic amines) is 1. The van der Waals surface area contributed by atoms with Crippen LogP contribution in [0.25, 0.3) is 0 Å². The highest BCUT2D eigenvalue weighted by atomic mass is 16.3. The summed E-state index contributed by atoms with van der Waals surface area (Å²) in [5.41, 5.74) is 0. The number of hydrogen-bond acceptors (Lipinski definition) is 3. The fourth-order valence-corrected chi connectivity index (χ4v) is 2.65. The van der Waals surface area contributed by atoms with Crippen LogP contribution in [-0.2, 0) is 6.54 Å². The van der Waals surface area contributed by atoms with Crippen LogP contribution in [0.15, 0.2) is 27.8 Å². The zero-order valence-electron chi connectivity index (χ0n) is 13.3. The second kappa shape index (κ2) is 8.72. The third-order valence-electron chi connectivity index (χ3n) is 4.00. The first-order valence-electron chi connectivity index (χ1n) is 8.01. The third-order valence-corrected chi connectivity index (χ3v) is 4.00. The fraction of sp³-hybridized carbons (Fsp3) is 0.688. The summed E-state index contributed by atoms with van der Waals surface area (Å²) in [4.78, 5) is 6.96. The molecule has 5 nitrogen and oxygen atoms in total. The Labute approximate surface area is 127 Å². The van der Waals surface area contributed by atoms with Crippen molar-refractivity contribution < 1.29 is 4.42 Å². The molecule has 0 aromatic carbocycles. The molecule has 2 heterocycles. The molecule has 21 heavy (non-hydrogen) atoms. The Kier molecular flexibility index (Phi) is 6.60. The Balaban J connectivity index is 1.70. The Hall–Kier alpha value is -1.49. The number of nitrogens with one attached hydrogen (secondary N) is 2. The largest absolute Gasteiger partial charge is 0.467 e. The predicted octanol–water partition coefficient (Wildman–Crippen LogP) is 2.07. The molecule has 0 atom stereocenters. The predicted molar refractivity (Wildman–Crippen MR) is 86.4 cm³/mol. The molecule has 1 saturated heterocycles. The third kappa shape index (κ3) is 5.79. The van der Waals surface area contributed by atoms with E-state index in [0.717, 1.165) is 30.7 Å². The zero-order chi connectivity index (χ0) is 14.9. The van der Waals surface area contributed by atoms with Gasteiger partial charge in [-0.2, -0.15) is 0 Å². The number of furan rings is 1. The summed E-state index contributed by atoms with van der Waals surface area (Å²) in [6, 6.07) is 3.84. The molecular formula is C16H28N4O. The van der Waals surface area contributed by atoms with Crippen molar-refractivity contribution in [2.24, 2.45) is 10.9 Å². The van der Waals surface area contributed by atoms with Crippen LogP contribution in [0.1, 0.15) is 31.9 Å². The van der Waals surface area contributed by atoms with Gasteiger partial charge in [0.2, 0.25) is 0 Å². The van der Waals surface area contributed by atoms with Gasteiger partial charge in [-0.05, 0) is 64.4 Å². The molecule has 1 aromatic rings. The van der Waals surface area contributed by atoms with Crippen molar-refractivity contribution in [3.8, 4) is 0 Å². The van der Waals surface area contributed by atoms with E-state index in [4.69, 9.17) is 4.42 Å². The van der Waals surface area contributed by atoms with Crippen molar-refractivity contribution in [1.29, 1.82) is 0 Å². The van der Waals surface area contributed by atoms with Gasteiger partial charge < -0.3 is 20.0 Å². The topological polar surface area (TPSA) is 52.8 Å². The van der Waals surface area contributed by atoms with Gasteiger partial charge in [0.1, 0.15) is 12.3 Å². The monoisotopic (exact) mass is 292 g/mol. The summed E-state index contributed by atoms with van der Waals surface area (Å²) in [6.07, 6.45) is 5.54. The number of hydrogen-bond donors (Lipinski definition) is 2. The van der Waals surface area contributed by atoms with Gasteiger partial charge in [0.15, 0.2) is 5.96 Å². The van der Waals surface area contributed by atoms with E-state index >= 15 is 0 Å². The van der Waals surface area contributed by atoms with Gasteiger partial charge in [-0.3, -0.25) is 0 Å². The molecule has 0 unspecified atom stereocenters. The van der Waals surface area contributed by atoms with E-state index in [1.807, 2.05) is 12.1 Å². The summed E-state index contributed by atoms with van der Waals surface area (Å²) in [6.45, 7) is 6.99. The van der Waals surface area contributed by atoms with Crippen LogP contribution in [0.3, 0.4) is 0 Å². The first-order chi connectivity index (χ1) is 10.3. The van der Waals surface area contributed by atoms with Crippen LogP contribution in [0.2, 0.25) is 0 Å². The molecule has 5 heteroatoms. The Morgan fingerprint density at radius 3 is 2.86 bits per heavy atom. The molecule has 0 radical (unpaired) electrons. The van der Waals surface area contributed by atoms with Crippen LogP contribution in [0.5, 0.6) is 0 Å². The molecule has 1 aromatic heterocycles. The van der Waals surface area contributed by atoms with Crippen molar-refractivity contribution in [2.75, 3.05) is 33.2 Å². The minimum atomic E-state index is 0.580. The number of nitrogens with zero attached hydrogens (tertiary/aromatic N) is 2. The second-order valence-electron chi connectivity index (χ2n) is 5.74. The number of aliphatic imine (C=N–C) groups is 1. The maximum Gasteiger partial charge on any atom is 0.191 e. The lowest BCUT2D eigenvalue weighted by Gasteiger charge is -2.29. The lowest BCUT2D eigenvalue weighted by molar-refractivity contribution is 0.213. The Morgan fingerprint density at radius 1 is 1.38 bits per heavy atom. The Morgan fingerprint density at radius 2 is 2.19 bits per heavy atom. The van der Waals surface area contributed by atoms with Gasteiger partial charge in [0.25, 0.3) is 0 Å². The SMILES string of the molecule is CCNC(=NCc1ccco1)NCCC1CCN(C)CC1. The summed E-state index contributed by atoms with van der Waals surface area (Å²) in [5, 5.41) is 6.70. The fourth-order valence-electron chi connectivity index (χ4n) is 2.65. The van der Waals surface area contributed by atoms with E-state index in [-0.39, 0.29) is 0 Å². The molecule has 0 spiro atoms. The van der Waals surface area contributed by atoms with E-state index in [2.05, 4.69) is 34.5 Å². The maximum atomic E-state index is 5.30. The average Bonchev–Trinajstić information content (AvgIpc) is 3.00. The maximum absolute atomic E-state index is 5.30. The number of rotatable bonds is 6. The number of guanidine groups is 1. The van der Waals surface area contributed by atoms with E-state index in [9.17, 15) is 0 Å². The lowest BCUT2D eigenvalue weighted by Crippen LogP contribution is -2.39. The molecule has 2 rings (SSSR count). The summed E-state index contributed by atoms with van der Waals surface area (Å²) in [7, 11) is 2.21. The summed E-state index contributed by atoms with van der Waals surface area (Å²) >= 11 is 0. The van der Waals surface area contributed by atoms with Gasteiger partial charge in [-0.25, -0.2) is 4.99 Å². The first kappa shape index (κ1) is 15.9. The van der Waals surface area contributed by atoms with Gasteiger partial charge in [0, 0.05) is 13.1 Å². The first-order valence-corrected chi connectivity index (χ1v) is 8.01. The molecule has 2 N–H and O–H groups in total. The molecule has 0 bridgehead atoms. The minimum Gasteiger partial charge on any atom is -0.467 e. The molecule has 1 aliphatic heterocycles. The van der Waals surface area contributed by atoms with Crippen LogP contribution < -0.4 is 10.6 Å². The second-order valence-corrected chi connectivity index (χ2v) is 5.74. The quantitative estimate of drug-likeness (QED) is 0.622. The van der Waals surface area contributed by atoms with Gasteiger partial charge in [-0.15, -0.1) is 0 Å². The molecule has 1 aliphatic rings. The highest BCUT2D eigenvalue weighted by molar-refractivity contribution is 5.79. The molecule has 0 saturated carbocycles. The standard InChI is InChI=1S/C16H28N4O/c1-3-17-16(19-13-15-5-4-12-21-15)18-9-6-14-7-10-20(2)11-8-14/h4-5,12,14H,3,6-11,13H2,1-2H3,(H2,17,18,19). The van der Waals surface area contributed by atoms with Crippen LogP contribution in [0.4, 0.5) is 0 Å². The van der Waals surface area contributed by atoms with Crippen LogP contribution in [0, 0.1) is 5.92 Å². The van der Waals surface area contributed by atoms with Crippen molar-refractivity contribution in [1.82, 2.24) is 15.5 Å². The van der Waals surface area contributed by atoms with Crippen molar-refractivity contribution in [3.63, 3.8) is 0 Å². The van der Waals surface area contributed by atoms with E-state index in [1.54, 1.807) is 6.26 Å². The average molecular weight is 292 g/mol. The van der Waals surface area contributed by atoms with Gasteiger partial charge in [-0.1, -0.05) is 0 Å². The van der Waals surface area contributed by atoms with E-state index in [0.29, 0.717) is 6.54 Å². The summed E-state index contributed by atoms with van der Waals surface area (Å²) in [5.74, 6) is 2.62. The Bertz CT molecular complexity index is 408. The molecule has 1 fully saturated rings. The zero-order valence-corrected chi connectivity index (χ0v) is 13.3. The van der Waals surface area contributed by atoms with Crippen molar-refractivity contribution in [2.45, 2.75) is 32.7 Å². The van der Waals surface area contributed by atoms with E-state index < -0.39 is 0 Å². The van der Waals surface area contributed by atoms with Crippen molar-refractivity contribution in [3.05, 3.63) is 24.2 Å². The van der Waals surface area contributed by atoms with Gasteiger partial charge >= 0.3 is 0 Å². The van der Waals surface area contributed by atoms with Crippen molar-refractivity contribution >= 4 is 5.96 Å².